The van der Waals surface area contributed by atoms with E-state index < -0.39 is 0 Å². The summed E-state index contributed by atoms with van der Waals surface area (Å²) in [6, 6.07) is 0. The van der Waals surface area contributed by atoms with E-state index in [-0.39, 0.29) is 0 Å². The van der Waals surface area contributed by atoms with E-state index in [4.69, 9.17) is 0 Å². The molecule has 0 aromatic heterocycles. The fraction of sp³-hybridized carbons (Fsp3) is 1.00. The van der Waals surface area contributed by atoms with Crippen molar-refractivity contribution >= 4 is 0 Å². The number of aliphatic hydroxyl groups excluding tert-OH is 1. The molecule has 112 valence electrons. The van der Waals surface area contributed by atoms with Gasteiger partial charge in [-0.2, -0.15) is 0 Å². The standard InChI is InChI=1S/C18H34O/c1-3-5-14-6-9-17(10-7-14)18-11-8-15(13-19)12-16(18)4-2/h14-19H,3-13H2,1-2H3. The molecule has 0 aromatic carbocycles. The van der Waals surface area contributed by atoms with Gasteiger partial charge in [0.1, 0.15) is 0 Å². The molecule has 2 aliphatic rings. The molecule has 0 aromatic rings. The van der Waals surface area contributed by atoms with E-state index in [2.05, 4.69) is 13.8 Å². The molecule has 3 atom stereocenters. The predicted octanol–water partition coefficient (Wildman–Crippen LogP) is 5.03. The Kier molecular flexibility index (Phi) is 6.19. The third-order valence-corrected chi connectivity index (χ3v) is 6.13. The normalized spacial score (nSPS) is 40.3. The second-order valence-electron chi connectivity index (χ2n) is 7.26. The van der Waals surface area contributed by atoms with Gasteiger partial charge in [0, 0.05) is 6.61 Å². The minimum absolute atomic E-state index is 0.423. The third kappa shape index (κ3) is 3.97. The van der Waals surface area contributed by atoms with Gasteiger partial charge in [-0.1, -0.05) is 46.0 Å². The maximum atomic E-state index is 9.39. The number of hydrogen-bond donors (Lipinski definition) is 1. The Morgan fingerprint density at radius 3 is 2.16 bits per heavy atom. The summed E-state index contributed by atoms with van der Waals surface area (Å²) in [6.07, 6.45) is 14.1. The van der Waals surface area contributed by atoms with Crippen LogP contribution >= 0.6 is 0 Å². The lowest BCUT2D eigenvalue weighted by molar-refractivity contribution is 0.0629. The number of rotatable bonds is 5. The summed E-state index contributed by atoms with van der Waals surface area (Å²) in [5.41, 5.74) is 0. The molecule has 0 aliphatic heterocycles. The highest BCUT2D eigenvalue weighted by Crippen LogP contribution is 2.45. The fourth-order valence-electron chi connectivity index (χ4n) is 4.95. The van der Waals surface area contributed by atoms with Crippen LogP contribution in [0, 0.1) is 29.6 Å². The molecule has 0 spiro atoms. The predicted molar refractivity (Wildman–Crippen MR) is 82.1 cm³/mol. The van der Waals surface area contributed by atoms with E-state index in [0.717, 1.165) is 23.7 Å². The van der Waals surface area contributed by atoms with E-state index in [1.165, 1.54) is 64.2 Å². The second kappa shape index (κ2) is 7.67. The Balaban J connectivity index is 1.84. The SMILES string of the molecule is CCCC1CCC(C2CCC(CO)CC2CC)CC1. The average molecular weight is 266 g/mol. The molecule has 1 N–H and O–H groups in total. The van der Waals surface area contributed by atoms with Crippen molar-refractivity contribution in [2.24, 2.45) is 29.6 Å². The van der Waals surface area contributed by atoms with Crippen molar-refractivity contribution < 1.29 is 5.11 Å². The van der Waals surface area contributed by atoms with Crippen LogP contribution in [-0.4, -0.2) is 11.7 Å². The summed E-state index contributed by atoms with van der Waals surface area (Å²) in [4.78, 5) is 0. The lowest BCUT2D eigenvalue weighted by Crippen LogP contribution is -2.33. The Labute approximate surface area is 120 Å². The van der Waals surface area contributed by atoms with Gasteiger partial charge >= 0.3 is 0 Å². The fourth-order valence-corrected chi connectivity index (χ4v) is 4.95. The van der Waals surface area contributed by atoms with Crippen LogP contribution in [0.1, 0.15) is 78.1 Å². The van der Waals surface area contributed by atoms with Crippen LogP contribution in [-0.2, 0) is 0 Å². The summed E-state index contributed by atoms with van der Waals surface area (Å²) in [5.74, 6) is 4.54. The molecule has 1 heteroatoms. The first-order valence-corrected chi connectivity index (χ1v) is 8.89. The van der Waals surface area contributed by atoms with Gasteiger partial charge in [-0.3, -0.25) is 0 Å². The van der Waals surface area contributed by atoms with E-state index in [1.807, 2.05) is 0 Å². The first kappa shape index (κ1) is 15.4. The maximum absolute atomic E-state index is 9.39. The van der Waals surface area contributed by atoms with Crippen molar-refractivity contribution in [3.63, 3.8) is 0 Å². The largest absolute Gasteiger partial charge is 0.396 e. The van der Waals surface area contributed by atoms with Gasteiger partial charge in [0.05, 0.1) is 0 Å². The van der Waals surface area contributed by atoms with Gasteiger partial charge in [0.2, 0.25) is 0 Å². The Bertz CT molecular complexity index is 242. The smallest absolute Gasteiger partial charge is 0.0459 e. The Morgan fingerprint density at radius 2 is 1.58 bits per heavy atom. The van der Waals surface area contributed by atoms with E-state index >= 15 is 0 Å². The van der Waals surface area contributed by atoms with Gasteiger partial charge < -0.3 is 5.11 Å². The first-order chi connectivity index (χ1) is 9.28. The van der Waals surface area contributed by atoms with Gasteiger partial charge in [-0.05, 0) is 61.7 Å². The van der Waals surface area contributed by atoms with Crippen LogP contribution in [0.15, 0.2) is 0 Å². The minimum Gasteiger partial charge on any atom is -0.396 e. The monoisotopic (exact) mass is 266 g/mol. The molecular formula is C18H34O. The molecule has 0 heterocycles. The summed E-state index contributed by atoms with van der Waals surface area (Å²) < 4.78 is 0. The molecule has 2 aliphatic carbocycles. The lowest BCUT2D eigenvalue weighted by Gasteiger charge is -2.42. The maximum Gasteiger partial charge on any atom is 0.0459 e. The van der Waals surface area contributed by atoms with Crippen molar-refractivity contribution in [3.8, 4) is 0 Å². The average Bonchev–Trinajstić information content (AvgIpc) is 2.48. The highest BCUT2D eigenvalue weighted by Gasteiger charge is 2.35. The van der Waals surface area contributed by atoms with Crippen LogP contribution in [0.5, 0.6) is 0 Å². The molecule has 0 bridgehead atoms. The van der Waals surface area contributed by atoms with Gasteiger partial charge in [0.25, 0.3) is 0 Å². The van der Waals surface area contributed by atoms with Crippen molar-refractivity contribution in [1.29, 1.82) is 0 Å². The minimum atomic E-state index is 0.423. The molecule has 0 saturated heterocycles. The molecule has 0 radical (unpaired) electrons. The molecule has 1 nitrogen and oxygen atoms in total. The zero-order valence-electron chi connectivity index (χ0n) is 13.1. The van der Waals surface area contributed by atoms with Crippen molar-refractivity contribution in [3.05, 3.63) is 0 Å². The van der Waals surface area contributed by atoms with Crippen LogP contribution in [0.3, 0.4) is 0 Å². The van der Waals surface area contributed by atoms with Crippen molar-refractivity contribution in [2.75, 3.05) is 6.61 Å². The van der Waals surface area contributed by atoms with E-state index in [9.17, 15) is 5.11 Å². The Hall–Kier alpha value is -0.0400. The molecular weight excluding hydrogens is 232 g/mol. The van der Waals surface area contributed by atoms with Crippen LogP contribution in [0.2, 0.25) is 0 Å². The third-order valence-electron chi connectivity index (χ3n) is 6.13. The molecule has 19 heavy (non-hydrogen) atoms. The van der Waals surface area contributed by atoms with Gasteiger partial charge in [0.15, 0.2) is 0 Å². The van der Waals surface area contributed by atoms with Gasteiger partial charge in [-0.15, -0.1) is 0 Å². The second-order valence-corrected chi connectivity index (χ2v) is 7.26. The highest BCUT2D eigenvalue weighted by molar-refractivity contribution is 4.86. The van der Waals surface area contributed by atoms with Gasteiger partial charge in [-0.25, -0.2) is 0 Å². The molecule has 0 amide bonds. The quantitative estimate of drug-likeness (QED) is 0.740. The number of hydrogen-bond acceptors (Lipinski definition) is 1. The number of aliphatic hydroxyl groups is 1. The molecule has 2 saturated carbocycles. The molecule has 2 rings (SSSR count). The summed E-state index contributed by atoms with van der Waals surface area (Å²) in [6.45, 7) is 5.11. The zero-order valence-corrected chi connectivity index (χ0v) is 13.1. The van der Waals surface area contributed by atoms with Crippen LogP contribution in [0.25, 0.3) is 0 Å². The topological polar surface area (TPSA) is 20.2 Å². The van der Waals surface area contributed by atoms with Crippen molar-refractivity contribution in [2.45, 2.75) is 78.1 Å². The lowest BCUT2D eigenvalue weighted by atomic mass is 9.63. The van der Waals surface area contributed by atoms with Crippen LogP contribution < -0.4 is 0 Å². The molecule has 3 unspecified atom stereocenters. The van der Waals surface area contributed by atoms with Crippen molar-refractivity contribution in [1.82, 2.24) is 0 Å². The summed E-state index contributed by atoms with van der Waals surface area (Å²) in [7, 11) is 0. The highest BCUT2D eigenvalue weighted by atomic mass is 16.3. The Morgan fingerprint density at radius 1 is 0.895 bits per heavy atom. The summed E-state index contributed by atoms with van der Waals surface area (Å²) >= 11 is 0. The first-order valence-electron chi connectivity index (χ1n) is 8.89. The zero-order chi connectivity index (χ0) is 13.7. The summed E-state index contributed by atoms with van der Waals surface area (Å²) in [5, 5.41) is 9.39. The van der Waals surface area contributed by atoms with E-state index in [0.29, 0.717) is 12.5 Å². The molecule has 2 fully saturated rings. The van der Waals surface area contributed by atoms with Crippen LogP contribution in [0.4, 0.5) is 0 Å². The van der Waals surface area contributed by atoms with E-state index in [1.54, 1.807) is 0 Å².